The van der Waals surface area contributed by atoms with Crippen molar-refractivity contribution in [3.63, 3.8) is 0 Å². The van der Waals surface area contributed by atoms with Crippen molar-refractivity contribution in [1.29, 1.82) is 0 Å². The number of nitrogens with one attached hydrogen (secondary N) is 1. The van der Waals surface area contributed by atoms with Crippen LogP contribution in [0.1, 0.15) is 16.1 Å². The van der Waals surface area contributed by atoms with Crippen molar-refractivity contribution in [3.05, 3.63) is 72.6 Å². The lowest BCUT2D eigenvalue weighted by Crippen LogP contribution is -2.47. The number of rotatable bonds is 7. The average molecular weight is 363 g/mol. The Morgan fingerprint density at radius 1 is 1.15 bits per heavy atom. The van der Waals surface area contributed by atoms with Crippen LogP contribution in [-0.4, -0.2) is 60.0 Å². The first-order chi connectivity index (χ1) is 13.3. The SMILES string of the molecule is C=CCNC(=O)c1ccnc(N2CCN(C/C=C/c3ccccc3)CC2)n1. The van der Waals surface area contributed by atoms with Crippen LogP contribution >= 0.6 is 0 Å². The molecule has 1 fully saturated rings. The van der Waals surface area contributed by atoms with E-state index in [1.165, 1.54) is 5.56 Å². The summed E-state index contributed by atoms with van der Waals surface area (Å²) in [7, 11) is 0. The Kier molecular flexibility index (Phi) is 6.71. The first-order valence-electron chi connectivity index (χ1n) is 9.17. The summed E-state index contributed by atoms with van der Waals surface area (Å²) in [5.74, 6) is 0.406. The molecule has 1 aliphatic heterocycles. The maximum atomic E-state index is 12.0. The Morgan fingerprint density at radius 3 is 2.67 bits per heavy atom. The fourth-order valence-electron chi connectivity index (χ4n) is 2.92. The summed E-state index contributed by atoms with van der Waals surface area (Å²) in [6.45, 7) is 8.51. The lowest BCUT2D eigenvalue weighted by atomic mass is 10.2. The van der Waals surface area contributed by atoms with E-state index in [0.29, 0.717) is 18.2 Å². The summed E-state index contributed by atoms with van der Waals surface area (Å²) in [6, 6.07) is 12.0. The van der Waals surface area contributed by atoms with E-state index in [2.05, 4.69) is 55.9 Å². The highest BCUT2D eigenvalue weighted by Crippen LogP contribution is 2.12. The van der Waals surface area contributed by atoms with Gasteiger partial charge in [0.15, 0.2) is 0 Å². The summed E-state index contributed by atoms with van der Waals surface area (Å²) >= 11 is 0. The number of aromatic nitrogens is 2. The molecule has 0 saturated carbocycles. The van der Waals surface area contributed by atoms with Crippen LogP contribution in [-0.2, 0) is 0 Å². The van der Waals surface area contributed by atoms with Gasteiger partial charge in [-0.2, -0.15) is 0 Å². The zero-order chi connectivity index (χ0) is 18.9. The molecule has 27 heavy (non-hydrogen) atoms. The minimum atomic E-state index is -0.205. The van der Waals surface area contributed by atoms with E-state index >= 15 is 0 Å². The van der Waals surface area contributed by atoms with E-state index in [1.807, 2.05) is 18.2 Å². The summed E-state index contributed by atoms with van der Waals surface area (Å²) in [6.07, 6.45) is 7.64. The zero-order valence-corrected chi connectivity index (χ0v) is 15.4. The smallest absolute Gasteiger partial charge is 0.270 e. The Labute approximate surface area is 160 Å². The molecular weight excluding hydrogens is 338 g/mol. The second-order valence-electron chi connectivity index (χ2n) is 6.34. The zero-order valence-electron chi connectivity index (χ0n) is 15.4. The lowest BCUT2D eigenvalue weighted by Gasteiger charge is -2.34. The molecule has 3 rings (SSSR count). The molecule has 6 nitrogen and oxygen atoms in total. The molecule has 0 spiro atoms. The second kappa shape index (κ2) is 9.64. The molecule has 0 unspecified atom stereocenters. The van der Waals surface area contributed by atoms with E-state index in [-0.39, 0.29) is 5.91 Å². The van der Waals surface area contributed by atoms with Crippen LogP contribution in [0.4, 0.5) is 5.95 Å². The predicted molar refractivity (Wildman–Crippen MR) is 109 cm³/mol. The lowest BCUT2D eigenvalue weighted by molar-refractivity contribution is 0.0953. The van der Waals surface area contributed by atoms with Crippen molar-refractivity contribution in [2.24, 2.45) is 0 Å². The molecule has 0 aliphatic carbocycles. The van der Waals surface area contributed by atoms with Gasteiger partial charge in [-0.3, -0.25) is 9.69 Å². The molecule has 2 aromatic rings. The molecule has 0 bridgehead atoms. The van der Waals surface area contributed by atoms with Crippen molar-refractivity contribution in [2.75, 3.05) is 44.2 Å². The molecule has 1 saturated heterocycles. The Morgan fingerprint density at radius 2 is 1.93 bits per heavy atom. The van der Waals surface area contributed by atoms with Crippen molar-refractivity contribution in [2.45, 2.75) is 0 Å². The summed E-state index contributed by atoms with van der Waals surface area (Å²) < 4.78 is 0. The molecular formula is C21H25N5O. The van der Waals surface area contributed by atoms with Crippen molar-refractivity contribution in [3.8, 4) is 0 Å². The fraction of sp³-hybridized carbons (Fsp3) is 0.286. The number of carbonyl (C=O) groups is 1. The summed E-state index contributed by atoms with van der Waals surface area (Å²) in [5, 5.41) is 2.74. The molecule has 140 valence electrons. The van der Waals surface area contributed by atoms with Crippen LogP contribution < -0.4 is 10.2 Å². The van der Waals surface area contributed by atoms with Gasteiger partial charge in [0.2, 0.25) is 5.95 Å². The highest BCUT2D eigenvalue weighted by molar-refractivity contribution is 5.92. The third-order valence-electron chi connectivity index (χ3n) is 4.41. The molecule has 2 heterocycles. The minimum Gasteiger partial charge on any atom is -0.347 e. The van der Waals surface area contributed by atoms with E-state index < -0.39 is 0 Å². The Bertz CT molecular complexity index is 782. The van der Waals surface area contributed by atoms with Crippen LogP contribution in [0.25, 0.3) is 6.08 Å². The molecule has 0 radical (unpaired) electrons. The second-order valence-corrected chi connectivity index (χ2v) is 6.34. The highest BCUT2D eigenvalue weighted by Gasteiger charge is 2.19. The topological polar surface area (TPSA) is 61.4 Å². The van der Waals surface area contributed by atoms with Crippen molar-refractivity contribution < 1.29 is 4.79 Å². The Balaban J connectivity index is 1.51. The van der Waals surface area contributed by atoms with Gasteiger partial charge >= 0.3 is 0 Å². The maximum Gasteiger partial charge on any atom is 0.270 e. The molecule has 0 atom stereocenters. The number of carbonyl (C=O) groups excluding carboxylic acids is 1. The number of hydrogen-bond donors (Lipinski definition) is 1. The van der Waals surface area contributed by atoms with E-state index in [0.717, 1.165) is 32.7 Å². The van der Waals surface area contributed by atoms with Gasteiger partial charge < -0.3 is 10.2 Å². The van der Waals surface area contributed by atoms with Crippen LogP contribution in [0.2, 0.25) is 0 Å². The van der Waals surface area contributed by atoms with Crippen molar-refractivity contribution >= 4 is 17.9 Å². The van der Waals surface area contributed by atoms with E-state index in [1.54, 1.807) is 18.3 Å². The van der Waals surface area contributed by atoms with Gasteiger partial charge in [-0.1, -0.05) is 48.6 Å². The first kappa shape index (κ1) is 18.8. The molecule has 1 N–H and O–H groups in total. The van der Waals surface area contributed by atoms with Gasteiger partial charge in [0, 0.05) is 45.5 Å². The molecule has 1 aromatic carbocycles. The van der Waals surface area contributed by atoms with Crippen LogP contribution in [0.15, 0.2) is 61.3 Å². The Hall–Kier alpha value is -2.99. The van der Waals surface area contributed by atoms with E-state index in [4.69, 9.17) is 0 Å². The van der Waals surface area contributed by atoms with Crippen LogP contribution in [0.5, 0.6) is 0 Å². The third-order valence-corrected chi connectivity index (χ3v) is 4.41. The molecule has 1 amide bonds. The number of amides is 1. The van der Waals surface area contributed by atoms with Crippen LogP contribution in [0, 0.1) is 0 Å². The van der Waals surface area contributed by atoms with Gasteiger partial charge in [0.1, 0.15) is 5.69 Å². The van der Waals surface area contributed by atoms with Gasteiger partial charge in [-0.05, 0) is 11.6 Å². The highest BCUT2D eigenvalue weighted by atomic mass is 16.1. The standard InChI is InChI=1S/C21H25N5O/c1-2-11-22-20(27)19-10-12-23-21(24-19)26-16-14-25(15-17-26)13-6-9-18-7-4-3-5-8-18/h2-10,12H,1,11,13-17H2,(H,22,27)/b9-6+. The average Bonchev–Trinajstić information content (AvgIpc) is 2.73. The van der Waals surface area contributed by atoms with Gasteiger partial charge in [0.25, 0.3) is 5.91 Å². The van der Waals surface area contributed by atoms with E-state index in [9.17, 15) is 4.79 Å². The van der Waals surface area contributed by atoms with Crippen LogP contribution in [0.3, 0.4) is 0 Å². The summed E-state index contributed by atoms with van der Waals surface area (Å²) in [4.78, 5) is 25.3. The molecule has 1 aromatic heterocycles. The third kappa shape index (κ3) is 5.49. The predicted octanol–water partition coefficient (Wildman–Crippen LogP) is 2.23. The number of anilines is 1. The minimum absolute atomic E-state index is 0.205. The largest absolute Gasteiger partial charge is 0.347 e. The van der Waals surface area contributed by atoms with Gasteiger partial charge in [-0.25, -0.2) is 9.97 Å². The van der Waals surface area contributed by atoms with Crippen molar-refractivity contribution in [1.82, 2.24) is 20.2 Å². The monoisotopic (exact) mass is 363 g/mol. The number of nitrogens with zero attached hydrogens (tertiary/aromatic N) is 4. The quantitative estimate of drug-likeness (QED) is 0.765. The normalized spacial score (nSPS) is 15.0. The van der Waals surface area contributed by atoms with Gasteiger partial charge in [-0.15, -0.1) is 6.58 Å². The first-order valence-corrected chi connectivity index (χ1v) is 9.17. The fourth-order valence-corrected chi connectivity index (χ4v) is 2.92. The molecule has 1 aliphatic rings. The number of hydrogen-bond acceptors (Lipinski definition) is 5. The number of piperazine rings is 1. The van der Waals surface area contributed by atoms with Gasteiger partial charge in [0.05, 0.1) is 0 Å². The maximum absolute atomic E-state index is 12.0. The summed E-state index contributed by atoms with van der Waals surface area (Å²) in [5.41, 5.74) is 1.60. The molecule has 6 heteroatoms. The number of benzene rings is 1.